The first-order valence-corrected chi connectivity index (χ1v) is 8.03. The van der Waals surface area contributed by atoms with E-state index in [0.29, 0.717) is 11.6 Å². The number of halogens is 1. The molecule has 0 aliphatic heterocycles. The molecule has 0 saturated heterocycles. The van der Waals surface area contributed by atoms with Gasteiger partial charge in [0.15, 0.2) is 5.82 Å². The highest BCUT2D eigenvalue weighted by Gasteiger charge is 2.13. The minimum absolute atomic E-state index is 0.519. The molecule has 110 valence electrons. The summed E-state index contributed by atoms with van der Waals surface area (Å²) in [6, 6.07) is 2.04. The van der Waals surface area contributed by atoms with Crippen LogP contribution in [0.2, 0.25) is 5.02 Å². The van der Waals surface area contributed by atoms with Gasteiger partial charge >= 0.3 is 0 Å². The summed E-state index contributed by atoms with van der Waals surface area (Å²) in [5.41, 5.74) is 1.77. The predicted molar refractivity (Wildman–Crippen MR) is 87.4 cm³/mol. The van der Waals surface area contributed by atoms with E-state index in [1.54, 1.807) is 11.3 Å². The molecule has 3 heterocycles. The van der Waals surface area contributed by atoms with E-state index >= 15 is 0 Å². The van der Waals surface area contributed by atoms with Gasteiger partial charge in [0.2, 0.25) is 0 Å². The zero-order valence-corrected chi connectivity index (χ0v) is 13.7. The Balaban J connectivity index is 2.01. The van der Waals surface area contributed by atoms with Gasteiger partial charge in [-0.2, -0.15) is 5.10 Å². The molecular weight excluding hydrogens is 306 g/mol. The molecule has 1 N–H and O–H groups in total. The summed E-state index contributed by atoms with van der Waals surface area (Å²) in [6.45, 7) is 7.26. The van der Waals surface area contributed by atoms with E-state index in [1.165, 1.54) is 0 Å². The minimum Gasteiger partial charge on any atom is -0.370 e. The summed E-state index contributed by atoms with van der Waals surface area (Å²) in [5.74, 6) is 1.62. The average molecular weight is 322 g/mol. The number of aromatic nitrogens is 4. The number of aryl methyl sites for hydroxylation is 1. The third kappa shape index (κ3) is 2.61. The van der Waals surface area contributed by atoms with Gasteiger partial charge in [-0.15, -0.1) is 11.3 Å². The first kappa shape index (κ1) is 14.3. The Labute approximate surface area is 132 Å². The molecular formula is C14H16ClN5S. The zero-order valence-electron chi connectivity index (χ0n) is 12.1. The third-order valence-electron chi connectivity index (χ3n) is 3.30. The molecule has 0 amide bonds. The van der Waals surface area contributed by atoms with Gasteiger partial charge in [-0.25, -0.2) is 9.97 Å². The Kier molecular flexibility index (Phi) is 3.82. The first-order chi connectivity index (χ1) is 10.1. The lowest BCUT2D eigenvalue weighted by Gasteiger charge is -2.08. The first-order valence-electron chi connectivity index (χ1n) is 6.77. The molecule has 5 nitrogen and oxygen atoms in total. The standard InChI is InChI=1S/C14H16ClN5S/c1-4-16-13-10-5-6-21-14(10)18-11(17-13)7-20-9(3)12(15)8(2)19-20/h5-6H,4,7H2,1-3H3,(H,16,17,18). The fourth-order valence-electron chi connectivity index (χ4n) is 2.24. The van der Waals surface area contributed by atoms with Crippen LogP contribution in [0.3, 0.4) is 0 Å². The van der Waals surface area contributed by atoms with E-state index in [2.05, 4.69) is 27.3 Å². The van der Waals surface area contributed by atoms with Crippen molar-refractivity contribution >= 4 is 39.0 Å². The molecule has 0 aliphatic carbocycles. The largest absolute Gasteiger partial charge is 0.370 e. The van der Waals surface area contributed by atoms with Crippen molar-refractivity contribution in [1.82, 2.24) is 19.7 Å². The summed E-state index contributed by atoms with van der Waals surface area (Å²) < 4.78 is 1.85. The maximum atomic E-state index is 6.19. The van der Waals surface area contributed by atoms with Crippen LogP contribution in [0.4, 0.5) is 5.82 Å². The van der Waals surface area contributed by atoms with E-state index in [9.17, 15) is 0 Å². The lowest BCUT2D eigenvalue weighted by atomic mass is 10.3. The van der Waals surface area contributed by atoms with Gasteiger partial charge in [-0.1, -0.05) is 11.6 Å². The van der Waals surface area contributed by atoms with Crippen molar-refractivity contribution in [3.63, 3.8) is 0 Å². The number of anilines is 1. The molecule has 3 aromatic rings. The number of hydrogen-bond donors (Lipinski definition) is 1. The van der Waals surface area contributed by atoms with E-state index < -0.39 is 0 Å². The van der Waals surface area contributed by atoms with Crippen molar-refractivity contribution in [1.29, 1.82) is 0 Å². The second-order valence-corrected chi connectivity index (χ2v) is 6.07. The summed E-state index contributed by atoms with van der Waals surface area (Å²) in [5, 5.41) is 11.5. The van der Waals surface area contributed by atoms with Gasteiger partial charge in [0.25, 0.3) is 0 Å². The predicted octanol–water partition coefficient (Wildman–Crippen LogP) is 3.64. The average Bonchev–Trinajstić information content (AvgIpc) is 3.01. The smallest absolute Gasteiger partial charge is 0.153 e. The van der Waals surface area contributed by atoms with E-state index in [0.717, 1.165) is 39.8 Å². The summed E-state index contributed by atoms with van der Waals surface area (Å²) in [7, 11) is 0. The molecule has 0 fully saturated rings. The highest BCUT2D eigenvalue weighted by molar-refractivity contribution is 7.16. The highest BCUT2D eigenvalue weighted by Crippen LogP contribution is 2.26. The van der Waals surface area contributed by atoms with Crippen LogP contribution in [0, 0.1) is 13.8 Å². The molecule has 3 aromatic heterocycles. The van der Waals surface area contributed by atoms with Gasteiger partial charge in [-0.05, 0) is 32.2 Å². The molecule has 0 aliphatic rings. The van der Waals surface area contributed by atoms with Gasteiger partial charge in [0.1, 0.15) is 17.2 Å². The lowest BCUT2D eigenvalue weighted by molar-refractivity contribution is 0.635. The van der Waals surface area contributed by atoms with Crippen LogP contribution in [0.15, 0.2) is 11.4 Å². The van der Waals surface area contributed by atoms with Crippen LogP contribution in [0.1, 0.15) is 24.1 Å². The Morgan fingerprint density at radius 2 is 2.14 bits per heavy atom. The number of rotatable bonds is 4. The fourth-order valence-corrected chi connectivity index (χ4v) is 3.15. The van der Waals surface area contributed by atoms with Crippen molar-refractivity contribution in [2.24, 2.45) is 0 Å². The number of fused-ring (bicyclic) bond motifs is 1. The number of nitrogens with one attached hydrogen (secondary N) is 1. The molecule has 21 heavy (non-hydrogen) atoms. The van der Waals surface area contributed by atoms with Crippen molar-refractivity contribution in [2.75, 3.05) is 11.9 Å². The van der Waals surface area contributed by atoms with Gasteiger partial charge < -0.3 is 5.32 Å². The second kappa shape index (κ2) is 5.61. The molecule has 0 saturated carbocycles. The van der Waals surface area contributed by atoms with Crippen LogP contribution < -0.4 is 5.32 Å². The Hall–Kier alpha value is -1.66. The van der Waals surface area contributed by atoms with E-state index in [1.807, 2.05) is 30.0 Å². The maximum Gasteiger partial charge on any atom is 0.153 e. The maximum absolute atomic E-state index is 6.19. The fraction of sp³-hybridized carbons (Fsp3) is 0.357. The topological polar surface area (TPSA) is 55.6 Å². The monoisotopic (exact) mass is 321 g/mol. The van der Waals surface area contributed by atoms with Gasteiger partial charge in [-0.3, -0.25) is 4.68 Å². The lowest BCUT2D eigenvalue weighted by Crippen LogP contribution is -2.10. The molecule has 0 radical (unpaired) electrons. The summed E-state index contributed by atoms with van der Waals surface area (Å²) in [4.78, 5) is 10.2. The van der Waals surface area contributed by atoms with E-state index in [4.69, 9.17) is 11.6 Å². The van der Waals surface area contributed by atoms with Crippen LogP contribution in [0.25, 0.3) is 10.2 Å². The third-order valence-corrected chi connectivity index (χ3v) is 4.65. The van der Waals surface area contributed by atoms with Gasteiger partial charge in [0.05, 0.1) is 21.8 Å². The van der Waals surface area contributed by atoms with Crippen molar-refractivity contribution in [2.45, 2.75) is 27.3 Å². The minimum atomic E-state index is 0.519. The normalized spacial score (nSPS) is 11.2. The Bertz CT molecular complexity index is 792. The van der Waals surface area contributed by atoms with Crippen molar-refractivity contribution < 1.29 is 0 Å². The molecule has 0 unspecified atom stereocenters. The SMILES string of the molecule is CCNc1nc(Cn2nc(C)c(Cl)c2C)nc2sccc12. The molecule has 0 spiro atoms. The molecule has 3 rings (SSSR count). The van der Waals surface area contributed by atoms with Crippen molar-refractivity contribution in [3.05, 3.63) is 33.7 Å². The van der Waals surface area contributed by atoms with Crippen LogP contribution in [-0.2, 0) is 6.54 Å². The van der Waals surface area contributed by atoms with Crippen LogP contribution in [0.5, 0.6) is 0 Å². The Morgan fingerprint density at radius 1 is 1.33 bits per heavy atom. The molecule has 7 heteroatoms. The van der Waals surface area contributed by atoms with Gasteiger partial charge in [0, 0.05) is 6.54 Å². The highest BCUT2D eigenvalue weighted by atomic mass is 35.5. The second-order valence-electron chi connectivity index (χ2n) is 4.80. The van der Waals surface area contributed by atoms with Crippen LogP contribution in [-0.4, -0.2) is 26.3 Å². The zero-order chi connectivity index (χ0) is 15.0. The number of hydrogen-bond acceptors (Lipinski definition) is 5. The molecule has 0 atom stereocenters. The summed E-state index contributed by atoms with van der Waals surface area (Å²) in [6.07, 6.45) is 0. The molecule has 0 aromatic carbocycles. The van der Waals surface area contributed by atoms with Crippen LogP contribution >= 0.6 is 22.9 Å². The Morgan fingerprint density at radius 3 is 2.81 bits per heavy atom. The van der Waals surface area contributed by atoms with E-state index in [-0.39, 0.29) is 0 Å². The molecule has 0 bridgehead atoms. The number of thiophene rings is 1. The quantitative estimate of drug-likeness (QED) is 0.797. The number of nitrogens with zero attached hydrogens (tertiary/aromatic N) is 4. The summed E-state index contributed by atoms with van der Waals surface area (Å²) >= 11 is 7.81. The van der Waals surface area contributed by atoms with Crippen molar-refractivity contribution in [3.8, 4) is 0 Å².